The molecule has 0 saturated heterocycles. The Hall–Kier alpha value is -4.20. The first-order chi connectivity index (χ1) is 17.3. The maximum absolute atomic E-state index is 12.5. The average molecular weight is 518 g/mol. The molecule has 0 spiro atoms. The van der Waals surface area contributed by atoms with E-state index in [1.54, 1.807) is 18.2 Å². The molecule has 36 heavy (non-hydrogen) atoms. The van der Waals surface area contributed by atoms with Gasteiger partial charge in [-0.15, -0.1) is 0 Å². The molecule has 5 rings (SSSR count). The van der Waals surface area contributed by atoms with Gasteiger partial charge in [0, 0.05) is 50.2 Å². The molecule has 3 aromatic carbocycles. The third kappa shape index (κ3) is 5.22. The lowest BCUT2D eigenvalue weighted by Gasteiger charge is -2.14. The van der Waals surface area contributed by atoms with Crippen LogP contribution in [0.3, 0.4) is 0 Å². The first kappa shape index (κ1) is 23.5. The summed E-state index contributed by atoms with van der Waals surface area (Å²) in [6.45, 7) is 1.96. The van der Waals surface area contributed by atoms with Crippen LogP contribution in [-0.4, -0.2) is 16.9 Å². The van der Waals surface area contributed by atoms with Crippen molar-refractivity contribution in [2.24, 2.45) is 0 Å². The van der Waals surface area contributed by atoms with Gasteiger partial charge in [-0.25, -0.2) is 4.79 Å². The highest BCUT2D eigenvalue weighted by Crippen LogP contribution is 2.36. The van der Waals surface area contributed by atoms with Crippen molar-refractivity contribution in [2.45, 2.75) is 6.92 Å². The summed E-state index contributed by atoms with van der Waals surface area (Å²) in [4.78, 5) is 28.1. The molecule has 0 bridgehead atoms. The van der Waals surface area contributed by atoms with Crippen molar-refractivity contribution in [3.63, 3.8) is 0 Å². The zero-order valence-corrected chi connectivity index (χ0v) is 20.6. The fraction of sp³-hybridized carbons (Fsp3) is 0.0370. The Labute approximate surface area is 217 Å². The van der Waals surface area contributed by atoms with E-state index >= 15 is 0 Å². The smallest absolute Gasteiger partial charge is 0.323 e. The summed E-state index contributed by atoms with van der Waals surface area (Å²) in [5.74, 6) is -0.147. The van der Waals surface area contributed by atoms with E-state index in [0.29, 0.717) is 27.0 Å². The second kappa shape index (κ2) is 9.81. The zero-order valence-electron chi connectivity index (χ0n) is 19.1. The van der Waals surface area contributed by atoms with Gasteiger partial charge in [-0.2, -0.15) is 0 Å². The Morgan fingerprint density at radius 3 is 2.39 bits per heavy atom. The molecule has 180 valence electrons. The second-order valence-electron chi connectivity index (χ2n) is 8.29. The summed E-state index contributed by atoms with van der Waals surface area (Å²) in [6, 6.07) is 19.4. The van der Waals surface area contributed by atoms with E-state index in [2.05, 4.69) is 26.3 Å². The van der Waals surface area contributed by atoms with Gasteiger partial charge in [-0.05, 0) is 73.2 Å². The van der Waals surface area contributed by atoms with Crippen molar-refractivity contribution in [1.29, 1.82) is 0 Å². The van der Waals surface area contributed by atoms with Gasteiger partial charge in [-0.3, -0.25) is 4.79 Å². The number of hydrogen-bond donors (Lipinski definition) is 5. The lowest BCUT2D eigenvalue weighted by molar-refractivity contribution is -0.110. The lowest BCUT2D eigenvalue weighted by atomic mass is 10.1. The van der Waals surface area contributed by atoms with Crippen LogP contribution in [0.5, 0.6) is 0 Å². The number of urea groups is 1. The summed E-state index contributed by atoms with van der Waals surface area (Å²) in [6.07, 6.45) is 3.64. The highest BCUT2D eigenvalue weighted by atomic mass is 35.5. The van der Waals surface area contributed by atoms with Gasteiger partial charge in [0.05, 0.1) is 11.3 Å². The van der Waals surface area contributed by atoms with Gasteiger partial charge < -0.3 is 26.3 Å². The number of aromatic nitrogens is 1. The van der Waals surface area contributed by atoms with E-state index in [0.717, 1.165) is 33.9 Å². The molecule has 0 aliphatic carbocycles. The predicted octanol–water partition coefficient (Wildman–Crippen LogP) is 7.51. The van der Waals surface area contributed by atoms with E-state index in [4.69, 9.17) is 23.2 Å². The molecule has 1 aromatic heterocycles. The number of H-pyrrole nitrogens is 1. The molecule has 0 fully saturated rings. The first-order valence-corrected chi connectivity index (χ1v) is 11.8. The summed E-state index contributed by atoms with van der Waals surface area (Å²) in [7, 11) is 0. The minimum atomic E-state index is -0.426. The minimum Gasteiger partial charge on any atom is -0.362 e. The number of hydrogen-bond acceptors (Lipinski definition) is 3. The van der Waals surface area contributed by atoms with Gasteiger partial charge in [0.15, 0.2) is 0 Å². The summed E-state index contributed by atoms with van der Waals surface area (Å²) >= 11 is 12.0. The Kier molecular flexibility index (Phi) is 6.41. The van der Waals surface area contributed by atoms with Crippen LogP contribution < -0.4 is 21.3 Å². The number of anilines is 5. The normalized spacial score (nSPS) is 13.3. The van der Waals surface area contributed by atoms with Crippen LogP contribution in [0.15, 0.2) is 72.9 Å². The zero-order chi connectivity index (χ0) is 25.2. The number of amides is 3. The second-order valence-corrected chi connectivity index (χ2v) is 9.16. The summed E-state index contributed by atoms with van der Waals surface area (Å²) < 4.78 is 0. The summed E-state index contributed by atoms with van der Waals surface area (Å²) in [5.41, 5.74) is 6.71. The number of nitrogens with one attached hydrogen (secondary N) is 5. The van der Waals surface area contributed by atoms with Gasteiger partial charge in [-0.1, -0.05) is 35.3 Å². The molecular weight excluding hydrogens is 497 g/mol. The molecule has 3 amide bonds. The van der Waals surface area contributed by atoms with E-state index in [-0.39, 0.29) is 5.91 Å². The molecule has 9 heteroatoms. The summed E-state index contributed by atoms with van der Waals surface area (Å²) in [5, 5.41) is 12.7. The Morgan fingerprint density at radius 1 is 0.889 bits per heavy atom. The van der Waals surface area contributed by atoms with Crippen molar-refractivity contribution in [3.8, 4) is 0 Å². The van der Waals surface area contributed by atoms with Gasteiger partial charge in [0.2, 0.25) is 0 Å². The highest BCUT2D eigenvalue weighted by Gasteiger charge is 2.24. The maximum Gasteiger partial charge on any atom is 0.323 e. The van der Waals surface area contributed by atoms with Gasteiger partial charge >= 0.3 is 6.03 Å². The van der Waals surface area contributed by atoms with Crippen molar-refractivity contribution in [2.75, 3.05) is 21.3 Å². The van der Waals surface area contributed by atoms with Crippen LogP contribution in [0.25, 0.3) is 11.6 Å². The maximum atomic E-state index is 12.5. The van der Waals surface area contributed by atoms with Crippen molar-refractivity contribution >= 4 is 75.2 Å². The standard InChI is InChI=1S/C27H21Cl2N5O2/c1-15-4-5-20(32-27(36)33-21-10-16(28)9-17(29)11-21)13-24(15)31-19-6-7-22-23(12-18-3-2-8-30-18)26(35)34-25(22)14-19/h2-14,30-31H,1H3,(H,34,35)(H2,32,33,36). The van der Waals surface area contributed by atoms with Gasteiger partial charge in [0.25, 0.3) is 5.91 Å². The molecule has 1 aliphatic heterocycles. The van der Waals surface area contributed by atoms with E-state index < -0.39 is 6.03 Å². The monoisotopic (exact) mass is 517 g/mol. The molecule has 0 saturated carbocycles. The first-order valence-electron chi connectivity index (χ1n) is 11.1. The fourth-order valence-electron chi connectivity index (χ4n) is 3.91. The largest absolute Gasteiger partial charge is 0.362 e. The van der Waals surface area contributed by atoms with E-state index in [1.165, 1.54) is 0 Å². The van der Waals surface area contributed by atoms with Crippen LogP contribution in [0.2, 0.25) is 10.0 Å². The number of benzene rings is 3. The molecule has 0 radical (unpaired) electrons. The molecule has 0 unspecified atom stereocenters. The number of carbonyl (C=O) groups excluding carboxylic acids is 2. The van der Waals surface area contributed by atoms with E-state index in [1.807, 2.05) is 67.7 Å². The predicted molar refractivity (Wildman–Crippen MR) is 147 cm³/mol. The number of fused-ring (bicyclic) bond motifs is 1. The molecule has 0 atom stereocenters. The minimum absolute atomic E-state index is 0.147. The number of aryl methyl sites for hydroxylation is 1. The molecule has 2 heterocycles. The average Bonchev–Trinajstić information content (AvgIpc) is 3.43. The Bertz CT molecular complexity index is 1490. The topological polar surface area (TPSA) is 98.0 Å². The van der Waals surface area contributed by atoms with Crippen molar-refractivity contribution < 1.29 is 9.59 Å². The highest BCUT2D eigenvalue weighted by molar-refractivity contribution is 6.35. The number of rotatable bonds is 5. The van der Waals surface area contributed by atoms with Gasteiger partial charge in [0.1, 0.15) is 0 Å². The molecule has 5 N–H and O–H groups in total. The third-order valence-corrected chi connectivity index (χ3v) is 6.06. The molecule has 4 aromatic rings. The van der Waals surface area contributed by atoms with Crippen LogP contribution in [0, 0.1) is 6.92 Å². The number of aromatic amines is 1. The van der Waals surface area contributed by atoms with Crippen LogP contribution >= 0.6 is 23.2 Å². The van der Waals surface area contributed by atoms with Crippen LogP contribution in [0.4, 0.5) is 33.2 Å². The van der Waals surface area contributed by atoms with E-state index in [9.17, 15) is 9.59 Å². The Morgan fingerprint density at radius 2 is 1.64 bits per heavy atom. The fourth-order valence-corrected chi connectivity index (χ4v) is 4.44. The quantitative estimate of drug-likeness (QED) is 0.177. The third-order valence-electron chi connectivity index (χ3n) is 5.62. The molecule has 7 nitrogen and oxygen atoms in total. The van der Waals surface area contributed by atoms with Crippen molar-refractivity contribution in [3.05, 3.63) is 99.8 Å². The molecule has 1 aliphatic rings. The van der Waals surface area contributed by atoms with Crippen molar-refractivity contribution in [1.82, 2.24) is 4.98 Å². The number of halogens is 2. The Balaban J connectivity index is 1.31. The van der Waals surface area contributed by atoms with Crippen LogP contribution in [-0.2, 0) is 4.79 Å². The number of carbonyl (C=O) groups is 2. The lowest BCUT2D eigenvalue weighted by Crippen LogP contribution is -2.19. The van der Waals surface area contributed by atoms with Crippen LogP contribution in [0.1, 0.15) is 16.8 Å². The SMILES string of the molecule is Cc1ccc(NC(=O)Nc2cc(Cl)cc(Cl)c2)cc1Nc1ccc2c(c1)NC(=O)C2=Cc1ccc[nH]1. The molecular formula is C27H21Cl2N5O2.